The molecule has 0 amide bonds. The zero-order valence-electron chi connectivity index (χ0n) is 13.8. The van der Waals surface area contributed by atoms with Gasteiger partial charge in [-0.15, -0.1) is 0 Å². The molecule has 0 heterocycles. The molecule has 1 saturated carbocycles. The molecule has 1 aromatic carbocycles. The van der Waals surface area contributed by atoms with Gasteiger partial charge in [0.25, 0.3) is 0 Å². The number of nitrogens with zero attached hydrogens (tertiary/aromatic N) is 1. The summed E-state index contributed by atoms with van der Waals surface area (Å²) in [4.78, 5) is 0. The van der Waals surface area contributed by atoms with Crippen LogP contribution in [0.2, 0.25) is 0 Å². The summed E-state index contributed by atoms with van der Waals surface area (Å²) in [5.74, 6) is 0. The average molecular weight is 345 g/mol. The molecule has 2 atom stereocenters. The highest BCUT2D eigenvalue weighted by molar-refractivity contribution is 7.84. The van der Waals surface area contributed by atoms with Crippen molar-refractivity contribution in [3.05, 3.63) is 34.9 Å². The van der Waals surface area contributed by atoms with Crippen molar-refractivity contribution in [1.82, 2.24) is 4.31 Å². The Morgan fingerprint density at radius 3 is 2.30 bits per heavy atom. The van der Waals surface area contributed by atoms with Crippen molar-refractivity contribution in [3.8, 4) is 0 Å². The molecule has 1 aromatic rings. The lowest BCUT2D eigenvalue weighted by atomic mass is 9.96. The van der Waals surface area contributed by atoms with Crippen LogP contribution >= 0.6 is 0 Å². The van der Waals surface area contributed by atoms with Crippen LogP contribution < -0.4 is 0 Å². The number of hydrogen-bond donors (Lipinski definition) is 0. The molecule has 2 aliphatic rings. The molecule has 2 aliphatic carbocycles. The fourth-order valence-corrected chi connectivity index (χ4v) is 4.85. The summed E-state index contributed by atoms with van der Waals surface area (Å²) in [5, 5.41) is 0. The highest BCUT2D eigenvalue weighted by Gasteiger charge is 2.54. The number of rotatable bonds is 2. The van der Waals surface area contributed by atoms with Gasteiger partial charge >= 0.3 is 6.18 Å². The van der Waals surface area contributed by atoms with E-state index in [-0.39, 0.29) is 16.2 Å². The number of alkyl halides is 3. The van der Waals surface area contributed by atoms with E-state index in [2.05, 4.69) is 0 Å². The SMILES string of the molecule is CN([C@@H]1CC2(CC2)c2cc(C(F)(F)F)ccc21)[S@](=O)C(C)(C)C. The molecule has 2 nitrogen and oxygen atoms in total. The summed E-state index contributed by atoms with van der Waals surface area (Å²) in [7, 11) is 0.618. The van der Waals surface area contributed by atoms with Gasteiger partial charge in [-0.1, -0.05) is 6.07 Å². The molecule has 0 aliphatic heterocycles. The second-order valence-corrected chi connectivity index (χ2v) is 10.0. The average Bonchev–Trinajstić information content (AvgIpc) is 3.13. The van der Waals surface area contributed by atoms with Crippen LogP contribution in [0.5, 0.6) is 0 Å². The third kappa shape index (κ3) is 2.84. The zero-order chi connectivity index (χ0) is 17.2. The summed E-state index contributed by atoms with van der Waals surface area (Å²) in [6.45, 7) is 5.74. The van der Waals surface area contributed by atoms with E-state index in [9.17, 15) is 17.4 Å². The maximum absolute atomic E-state index is 13.0. The Hall–Kier alpha value is -0.880. The van der Waals surface area contributed by atoms with Crippen molar-refractivity contribution in [2.75, 3.05) is 7.05 Å². The number of halogens is 3. The van der Waals surface area contributed by atoms with Crippen LogP contribution in [-0.4, -0.2) is 20.3 Å². The predicted octanol–water partition coefficient (Wildman–Crippen LogP) is 4.58. The molecule has 3 rings (SSSR count). The van der Waals surface area contributed by atoms with Crippen molar-refractivity contribution >= 4 is 11.0 Å². The maximum atomic E-state index is 13.0. The summed E-state index contributed by atoms with van der Waals surface area (Å²) >= 11 is 0. The normalized spacial score (nSPS) is 24.1. The molecule has 0 saturated heterocycles. The minimum absolute atomic E-state index is 0.0742. The van der Waals surface area contributed by atoms with Gasteiger partial charge in [-0.2, -0.15) is 13.2 Å². The number of fused-ring (bicyclic) bond motifs is 2. The highest BCUT2D eigenvalue weighted by atomic mass is 32.2. The van der Waals surface area contributed by atoms with Gasteiger partial charge in [0.15, 0.2) is 0 Å². The van der Waals surface area contributed by atoms with E-state index in [1.165, 1.54) is 6.07 Å². The molecule has 0 radical (unpaired) electrons. The van der Waals surface area contributed by atoms with Crippen LogP contribution in [0.4, 0.5) is 13.2 Å². The zero-order valence-corrected chi connectivity index (χ0v) is 14.6. The van der Waals surface area contributed by atoms with E-state index in [0.29, 0.717) is 0 Å². The van der Waals surface area contributed by atoms with Gasteiger partial charge in [0.05, 0.1) is 10.3 Å². The van der Waals surface area contributed by atoms with E-state index in [1.807, 2.05) is 32.1 Å². The first-order chi connectivity index (χ1) is 10.5. The lowest BCUT2D eigenvalue weighted by Gasteiger charge is -2.30. The van der Waals surface area contributed by atoms with Crippen LogP contribution in [-0.2, 0) is 22.6 Å². The smallest absolute Gasteiger partial charge is 0.242 e. The second-order valence-electron chi connectivity index (χ2n) is 7.71. The first-order valence-electron chi connectivity index (χ1n) is 7.82. The quantitative estimate of drug-likeness (QED) is 0.768. The highest BCUT2D eigenvalue weighted by Crippen LogP contribution is 2.62. The van der Waals surface area contributed by atoms with Crippen LogP contribution in [0.3, 0.4) is 0 Å². The predicted molar refractivity (Wildman–Crippen MR) is 85.4 cm³/mol. The molecule has 0 aromatic heterocycles. The van der Waals surface area contributed by atoms with E-state index in [0.717, 1.165) is 36.5 Å². The van der Waals surface area contributed by atoms with E-state index in [4.69, 9.17) is 0 Å². The van der Waals surface area contributed by atoms with E-state index >= 15 is 0 Å². The standard InChI is InChI=1S/C17H22F3NOS/c1-15(2,3)23(22)21(4)14-10-16(7-8-16)13-9-11(17(18,19)20)5-6-12(13)14/h5-6,9,14H,7-8,10H2,1-4H3/t14-,23-/m1/s1. The third-order valence-electron chi connectivity index (χ3n) is 4.97. The van der Waals surface area contributed by atoms with Crippen molar-refractivity contribution in [2.45, 2.75) is 62.4 Å². The van der Waals surface area contributed by atoms with Gasteiger partial charge in [0.1, 0.15) is 11.0 Å². The van der Waals surface area contributed by atoms with Gasteiger partial charge in [-0.3, -0.25) is 0 Å². The molecular formula is C17H22F3NOS. The molecule has 0 unspecified atom stereocenters. The summed E-state index contributed by atoms with van der Waals surface area (Å²) in [6, 6.07) is 3.98. The topological polar surface area (TPSA) is 20.3 Å². The van der Waals surface area contributed by atoms with E-state index < -0.39 is 22.7 Å². The maximum Gasteiger partial charge on any atom is 0.416 e. The van der Waals surface area contributed by atoms with Crippen molar-refractivity contribution in [2.24, 2.45) is 0 Å². The Balaban J connectivity index is 1.99. The summed E-state index contributed by atoms with van der Waals surface area (Å²) in [6.07, 6.45) is -1.70. The molecule has 128 valence electrons. The van der Waals surface area contributed by atoms with Gasteiger partial charge < -0.3 is 0 Å². The Bertz CT molecular complexity index is 659. The van der Waals surface area contributed by atoms with E-state index in [1.54, 1.807) is 6.07 Å². The van der Waals surface area contributed by atoms with Crippen LogP contribution in [0, 0.1) is 0 Å². The second kappa shape index (κ2) is 5.06. The van der Waals surface area contributed by atoms with Gasteiger partial charge in [0.2, 0.25) is 0 Å². The molecule has 1 fully saturated rings. The molecule has 6 heteroatoms. The summed E-state index contributed by atoms with van der Waals surface area (Å²) < 4.78 is 53.1. The fraction of sp³-hybridized carbons (Fsp3) is 0.647. The summed E-state index contributed by atoms with van der Waals surface area (Å²) in [5.41, 5.74) is 1.02. The van der Waals surface area contributed by atoms with Gasteiger partial charge in [-0.25, -0.2) is 8.51 Å². The molecule has 23 heavy (non-hydrogen) atoms. The van der Waals surface area contributed by atoms with Crippen molar-refractivity contribution < 1.29 is 17.4 Å². The van der Waals surface area contributed by atoms with Crippen LogP contribution in [0.25, 0.3) is 0 Å². The molecule has 0 N–H and O–H groups in total. The largest absolute Gasteiger partial charge is 0.416 e. The number of hydrogen-bond acceptors (Lipinski definition) is 1. The monoisotopic (exact) mass is 345 g/mol. The Morgan fingerprint density at radius 2 is 1.83 bits per heavy atom. The fourth-order valence-electron chi connectivity index (χ4n) is 3.57. The molecule has 0 bridgehead atoms. The molecule has 1 spiro atoms. The third-order valence-corrected chi connectivity index (χ3v) is 6.80. The Kier molecular flexibility index (Phi) is 3.73. The van der Waals surface area contributed by atoms with Gasteiger partial charge in [-0.05, 0) is 68.7 Å². The van der Waals surface area contributed by atoms with Crippen molar-refractivity contribution in [1.29, 1.82) is 0 Å². The Morgan fingerprint density at radius 1 is 1.22 bits per heavy atom. The van der Waals surface area contributed by atoms with Crippen molar-refractivity contribution in [3.63, 3.8) is 0 Å². The first kappa shape index (κ1) is 17.0. The van der Waals surface area contributed by atoms with Crippen LogP contribution in [0.15, 0.2) is 18.2 Å². The van der Waals surface area contributed by atoms with Crippen LogP contribution in [0.1, 0.15) is 62.8 Å². The van der Waals surface area contributed by atoms with Gasteiger partial charge in [0, 0.05) is 13.1 Å². The first-order valence-corrected chi connectivity index (χ1v) is 8.93. The minimum atomic E-state index is -4.32. The lowest BCUT2D eigenvalue weighted by Crippen LogP contribution is -2.37. The molecular weight excluding hydrogens is 323 g/mol. The number of benzene rings is 1. The lowest BCUT2D eigenvalue weighted by molar-refractivity contribution is -0.137. The Labute approximate surface area is 137 Å². The minimum Gasteiger partial charge on any atom is -0.242 e.